The van der Waals surface area contributed by atoms with Crippen LogP contribution in [0.4, 0.5) is 0 Å². The van der Waals surface area contributed by atoms with E-state index in [1.54, 1.807) is 12.1 Å². The van der Waals surface area contributed by atoms with E-state index in [1.165, 1.54) is 6.42 Å². The molecule has 0 spiro atoms. The molecule has 1 aromatic carbocycles. The van der Waals surface area contributed by atoms with E-state index in [-0.39, 0.29) is 5.91 Å². The Morgan fingerprint density at radius 3 is 2.82 bits per heavy atom. The van der Waals surface area contributed by atoms with Crippen molar-refractivity contribution in [1.29, 1.82) is 0 Å². The molecular formula is C16H23BrN4O. The molecule has 1 aliphatic rings. The average Bonchev–Trinajstić information content (AvgIpc) is 3.18. The summed E-state index contributed by atoms with van der Waals surface area (Å²) in [5, 5.41) is 9.49. The molecule has 0 heterocycles. The van der Waals surface area contributed by atoms with Crippen molar-refractivity contribution >= 4 is 27.8 Å². The topological polar surface area (TPSA) is 65.5 Å². The van der Waals surface area contributed by atoms with Crippen LogP contribution in [0.1, 0.15) is 30.6 Å². The molecule has 3 N–H and O–H groups in total. The summed E-state index contributed by atoms with van der Waals surface area (Å²) in [5.74, 6) is 1.47. The van der Waals surface area contributed by atoms with Gasteiger partial charge in [-0.3, -0.25) is 9.79 Å². The number of amides is 1. The highest BCUT2D eigenvalue weighted by atomic mass is 79.9. The van der Waals surface area contributed by atoms with E-state index in [9.17, 15) is 4.79 Å². The van der Waals surface area contributed by atoms with Gasteiger partial charge in [0.05, 0.1) is 6.54 Å². The number of benzene rings is 1. The summed E-state index contributed by atoms with van der Waals surface area (Å²) < 4.78 is 0.898. The van der Waals surface area contributed by atoms with Crippen LogP contribution in [0.25, 0.3) is 0 Å². The van der Waals surface area contributed by atoms with Gasteiger partial charge in [-0.25, -0.2) is 0 Å². The normalized spacial score (nSPS) is 20.4. The molecule has 22 heavy (non-hydrogen) atoms. The second kappa shape index (κ2) is 8.17. The first-order chi connectivity index (χ1) is 10.6. The fourth-order valence-corrected chi connectivity index (χ4v) is 2.49. The summed E-state index contributed by atoms with van der Waals surface area (Å²) in [6.07, 6.45) is 1.20. The van der Waals surface area contributed by atoms with Gasteiger partial charge in [0.2, 0.25) is 0 Å². The second-order valence-corrected chi connectivity index (χ2v) is 6.41. The number of carbonyl (C=O) groups excluding carboxylic acids is 1. The highest BCUT2D eigenvalue weighted by molar-refractivity contribution is 9.10. The summed E-state index contributed by atoms with van der Waals surface area (Å²) in [6, 6.07) is 7.88. The molecule has 1 saturated carbocycles. The van der Waals surface area contributed by atoms with Gasteiger partial charge >= 0.3 is 0 Å². The molecule has 120 valence electrons. The molecule has 0 radical (unpaired) electrons. The monoisotopic (exact) mass is 366 g/mol. The molecule has 0 bridgehead atoms. The van der Waals surface area contributed by atoms with Gasteiger partial charge < -0.3 is 16.0 Å². The minimum atomic E-state index is -0.0784. The Bertz CT molecular complexity index is 547. The molecule has 0 aromatic heterocycles. The number of hydrogen-bond donors (Lipinski definition) is 3. The van der Waals surface area contributed by atoms with Gasteiger partial charge in [-0.15, -0.1) is 0 Å². The molecule has 2 atom stereocenters. The third kappa shape index (κ3) is 5.33. The predicted molar refractivity (Wildman–Crippen MR) is 93.2 cm³/mol. The van der Waals surface area contributed by atoms with Crippen LogP contribution < -0.4 is 16.0 Å². The van der Waals surface area contributed by atoms with Gasteiger partial charge in [0.25, 0.3) is 5.91 Å². The van der Waals surface area contributed by atoms with E-state index in [0.29, 0.717) is 24.7 Å². The molecule has 2 rings (SSSR count). The summed E-state index contributed by atoms with van der Waals surface area (Å²) in [6.45, 7) is 6.16. The number of carbonyl (C=O) groups is 1. The van der Waals surface area contributed by atoms with E-state index < -0.39 is 0 Å². The SMILES string of the molecule is CCNC(=NCCNC(=O)c1cccc(Br)c1)NC1CC1C. The first-order valence-electron chi connectivity index (χ1n) is 7.68. The first kappa shape index (κ1) is 16.8. The van der Waals surface area contributed by atoms with E-state index in [4.69, 9.17) is 0 Å². The number of rotatable bonds is 6. The van der Waals surface area contributed by atoms with Crippen LogP contribution >= 0.6 is 15.9 Å². The molecule has 2 unspecified atom stereocenters. The first-order valence-corrected chi connectivity index (χ1v) is 8.48. The Hall–Kier alpha value is -1.56. The summed E-state index contributed by atoms with van der Waals surface area (Å²) in [7, 11) is 0. The summed E-state index contributed by atoms with van der Waals surface area (Å²) in [4.78, 5) is 16.5. The number of nitrogens with one attached hydrogen (secondary N) is 3. The average molecular weight is 367 g/mol. The lowest BCUT2D eigenvalue weighted by atomic mass is 10.2. The van der Waals surface area contributed by atoms with Crippen LogP contribution in [0, 0.1) is 5.92 Å². The van der Waals surface area contributed by atoms with Gasteiger partial charge in [0.1, 0.15) is 0 Å². The molecule has 5 nitrogen and oxygen atoms in total. The lowest BCUT2D eigenvalue weighted by Crippen LogP contribution is -2.39. The van der Waals surface area contributed by atoms with Gasteiger partial charge in [-0.2, -0.15) is 0 Å². The van der Waals surface area contributed by atoms with Gasteiger partial charge in [-0.05, 0) is 37.5 Å². The minimum Gasteiger partial charge on any atom is -0.357 e. The van der Waals surface area contributed by atoms with Crippen LogP contribution in [0.2, 0.25) is 0 Å². The highest BCUT2D eigenvalue weighted by Gasteiger charge is 2.33. The van der Waals surface area contributed by atoms with Crippen molar-refractivity contribution in [1.82, 2.24) is 16.0 Å². The number of hydrogen-bond acceptors (Lipinski definition) is 2. The van der Waals surface area contributed by atoms with Crippen molar-refractivity contribution in [3.63, 3.8) is 0 Å². The molecular weight excluding hydrogens is 344 g/mol. The largest absolute Gasteiger partial charge is 0.357 e. The van der Waals surface area contributed by atoms with Crippen molar-refractivity contribution < 1.29 is 4.79 Å². The zero-order chi connectivity index (χ0) is 15.9. The maximum atomic E-state index is 12.0. The fourth-order valence-electron chi connectivity index (χ4n) is 2.09. The van der Waals surface area contributed by atoms with Crippen LogP contribution in [-0.4, -0.2) is 37.5 Å². The van der Waals surface area contributed by atoms with E-state index >= 15 is 0 Å². The molecule has 1 amide bonds. The summed E-state index contributed by atoms with van der Waals surface area (Å²) in [5.41, 5.74) is 0.648. The van der Waals surface area contributed by atoms with Crippen molar-refractivity contribution in [2.24, 2.45) is 10.9 Å². The molecule has 6 heteroatoms. The Kier molecular flexibility index (Phi) is 6.24. The van der Waals surface area contributed by atoms with Gasteiger partial charge in [0, 0.05) is 29.2 Å². The molecule has 1 fully saturated rings. The van der Waals surface area contributed by atoms with Crippen molar-refractivity contribution in [3.05, 3.63) is 34.3 Å². The van der Waals surface area contributed by atoms with Crippen LogP contribution in [0.15, 0.2) is 33.7 Å². The van der Waals surface area contributed by atoms with Crippen molar-refractivity contribution in [2.75, 3.05) is 19.6 Å². The standard InChI is InChI=1S/C16H23BrN4O/c1-3-18-16(21-14-9-11(14)2)20-8-7-19-15(22)12-5-4-6-13(17)10-12/h4-6,10-11,14H,3,7-9H2,1-2H3,(H,19,22)(H2,18,20,21). The van der Waals surface area contributed by atoms with Gasteiger partial charge in [0.15, 0.2) is 5.96 Å². The Labute approximate surface area is 140 Å². The van der Waals surface area contributed by atoms with E-state index in [2.05, 4.69) is 43.8 Å². The molecule has 1 aromatic rings. The Morgan fingerprint density at radius 2 is 2.18 bits per heavy atom. The maximum Gasteiger partial charge on any atom is 0.251 e. The fraction of sp³-hybridized carbons (Fsp3) is 0.500. The molecule has 0 aliphatic heterocycles. The lowest BCUT2D eigenvalue weighted by molar-refractivity contribution is 0.0954. The number of halogens is 1. The number of nitrogens with zero attached hydrogens (tertiary/aromatic N) is 1. The van der Waals surface area contributed by atoms with Crippen LogP contribution in [0.3, 0.4) is 0 Å². The van der Waals surface area contributed by atoms with Gasteiger partial charge in [-0.1, -0.05) is 28.9 Å². The lowest BCUT2D eigenvalue weighted by Gasteiger charge is -2.11. The van der Waals surface area contributed by atoms with E-state index in [0.717, 1.165) is 22.9 Å². The number of aliphatic imine (C=N–C) groups is 1. The van der Waals surface area contributed by atoms with E-state index in [1.807, 2.05) is 19.1 Å². The third-order valence-electron chi connectivity index (χ3n) is 3.53. The van der Waals surface area contributed by atoms with Crippen LogP contribution in [0.5, 0.6) is 0 Å². The molecule has 1 aliphatic carbocycles. The Morgan fingerprint density at radius 1 is 1.41 bits per heavy atom. The maximum absolute atomic E-state index is 12.0. The highest BCUT2D eigenvalue weighted by Crippen LogP contribution is 2.28. The predicted octanol–water partition coefficient (Wildman–Crippen LogP) is 2.14. The zero-order valence-electron chi connectivity index (χ0n) is 13.0. The van der Waals surface area contributed by atoms with Crippen LogP contribution in [-0.2, 0) is 0 Å². The minimum absolute atomic E-state index is 0.0784. The third-order valence-corrected chi connectivity index (χ3v) is 4.02. The second-order valence-electron chi connectivity index (χ2n) is 5.49. The summed E-state index contributed by atoms with van der Waals surface area (Å²) >= 11 is 3.36. The zero-order valence-corrected chi connectivity index (χ0v) is 14.6. The van der Waals surface area contributed by atoms with Crippen molar-refractivity contribution in [2.45, 2.75) is 26.3 Å². The number of guanidine groups is 1. The quantitative estimate of drug-likeness (QED) is 0.410. The molecule has 0 saturated heterocycles. The smallest absolute Gasteiger partial charge is 0.251 e. The van der Waals surface area contributed by atoms with Crippen molar-refractivity contribution in [3.8, 4) is 0 Å². The Balaban J connectivity index is 1.76.